The third-order valence-corrected chi connectivity index (χ3v) is 4.15. The van der Waals surface area contributed by atoms with Gasteiger partial charge in [0.05, 0.1) is 16.9 Å². The number of rotatable bonds is 6. The minimum Gasteiger partial charge on any atom is -0.483 e. The Morgan fingerprint density at radius 3 is 2.72 bits per heavy atom. The molecule has 0 saturated carbocycles. The number of para-hydroxylation sites is 1. The Morgan fingerprint density at radius 2 is 1.96 bits per heavy atom. The highest BCUT2D eigenvalue weighted by atomic mass is 32.1. The molecule has 0 fully saturated rings. The zero-order chi connectivity index (χ0) is 17.5. The number of hydrogen-bond acceptors (Lipinski definition) is 5. The summed E-state index contributed by atoms with van der Waals surface area (Å²) in [6.45, 7) is 1.80. The van der Waals surface area contributed by atoms with Gasteiger partial charge < -0.3 is 4.74 Å². The van der Waals surface area contributed by atoms with Gasteiger partial charge in [-0.05, 0) is 18.6 Å². The van der Waals surface area contributed by atoms with Crippen LogP contribution in [0.4, 0.5) is 0 Å². The summed E-state index contributed by atoms with van der Waals surface area (Å²) in [6.07, 6.45) is 1.51. The minimum absolute atomic E-state index is 0.114. The third kappa shape index (κ3) is 4.74. The van der Waals surface area contributed by atoms with Gasteiger partial charge in [0.25, 0.3) is 5.91 Å². The lowest BCUT2D eigenvalue weighted by Crippen LogP contribution is -2.24. The van der Waals surface area contributed by atoms with Crippen molar-refractivity contribution in [3.63, 3.8) is 0 Å². The van der Waals surface area contributed by atoms with Crippen LogP contribution in [0.1, 0.15) is 10.7 Å². The van der Waals surface area contributed by atoms with Crippen molar-refractivity contribution in [1.29, 1.82) is 0 Å². The average Bonchev–Trinajstić information content (AvgIpc) is 3.06. The molecule has 0 spiro atoms. The van der Waals surface area contributed by atoms with Crippen molar-refractivity contribution in [2.45, 2.75) is 6.92 Å². The van der Waals surface area contributed by atoms with E-state index in [4.69, 9.17) is 4.74 Å². The Bertz CT molecular complexity index is 875. The standard InChI is InChI=1S/C19H17N3O2S/c1-14-21-16(13-25-14)11-20-22-19(23)12-24-18-10-6-5-9-17(18)15-7-3-2-4-8-15/h2-11,13H,12H2,1H3,(H,22,23)/b20-11-. The van der Waals surface area contributed by atoms with E-state index < -0.39 is 0 Å². The van der Waals surface area contributed by atoms with Crippen molar-refractivity contribution in [3.05, 3.63) is 70.7 Å². The maximum atomic E-state index is 11.9. The molecule has 1 N–H and O–H groups in total. The zero-order valence-corrected chi connectivity index (χ0v) is 14.5. The normalized spacial score (nSPS) is 10.8. The first-order valence-electron chi connectivity index (χ1n) is 7.73. The molecule has 3 aromatic rings. The summed E-state index contributed by atoms with van der Waals surface area (Å²) >= 11 is 1.53. The first-order valence-corrected chi connectivity index (χ1v) is 8.61. The maximum absolute atomic E-state index is 11.9. The van der Waals surface area contributed by atoms with Crippen molar-refractivity contribution in [1.82, 2.24) is 10.4 Å². The van der Waals surface area contributed by atoms with E-state index in [1.807, 2.05) is 66.9 Å². The molecule has 5 nitrogen and oxygen atoms in total. The molecule has 0 aliphatic heterocycles. The molecule has 0 saturated heterocycles. The lowest BCUT2D eigenvalue weighted by atomic mass is 10.1. The smallest absolute Gasteiger partial charge is 0.277 e. The number of amides is 1. The van der Waals surface area contributed by atoms with Gasteiger partial charge in [-0.15, -0.1) is 11.3 Å². The quantitative estimate of drug-likeness (QED) is 0.545. The van der Waals surface area contributed by atoms with E-state index in [0.29, 0.717) is 5.75 Å². The Labute approximate surface area is 150 Å². The summed E-state index contributed by atoms with van der Waals surface area (Å²) in [5.41, 5.74) is 5.14. The molecule has 2 aromatic carbocycles. The van der Waals surface area contributed by atoms with Crippen molar-refractivity contribution in [3.8, 4) is 16.9 Å². The number of aryl methyl sites for hydroxylation is 1. The van der Waals surface area contributed by atoms with Crippen molar-refractivity contribution < 1.29 is 9.53 Å². The molecule has 1 aromatic heterocycles. The lowest BCUT2D eigenvalue weighted by Gasteiger charge is -2.10. The van der Waals surface area contributed by atoms with Crippen LogP contribution in [0, 0.1) is 6.92 Å². The average molecular weight is 351 g/mol. The van der Waals surface area contributed by atoms with Gasteiger partial charge in [-0.3, -0.25) is 4.79 Å². The minimum atomic E-state index is -0.328. The number of carbonyl (C=O) groups is 1. The number of hydrogen-bond donors (Lipinski definition) is 1. The molecule has 25 heavy (non-hydrogen) atoms. The SMILES string of the molecule is Cc1nc(/C=N\NC(=O)COc2ccccc2-c2ccccc2)cs1. The molecule has 0 bridgehead atoms. The number of carbonyl (C=O) groups excluding carboxylic acids is 1. The molecule has 1 heterocycles. The van der Waals surface area contributed by atoms with Crippen molar-refractivity contribution in [2.75, 3.05) is 6.61 Å². The fourth-order valence-electron chi connectivity index (χ4n) is 2.23. The zero-order valence-electron chi connectivity index (χ0n) is 13.7. The predicted molar refractivity (Wildman–Crippen MR) is 100.0 cm³/mol. The fraction of sp³-hybridized carbons (Fsp3) is 0.105. The van der Waals surface area contributed by atoms with E-state index in [1.165, 1.54) is 17.6 Å². The van der Waals surface area contributed by atoms with E-state index in [1.54, 1.807) is 0 Å². The van der Waals surface area contributed by atoms with Crippen LogP contribution in [0.3, 0.4) is 0 Å². The van der Waals surface area contributed by atoms with Gasteiger partial charge in [0.15, 0.2) is 6.61 Å². The number of ether oxygens (including phenoxy) is 1. The van der Waals surface area contributed by atoms with Gasteiger partial charge >= 0.3 is 0 Å². The second kappa shape index (κ2) is 8.21. The van der Waals surface area contributed by atoms with Crippen molar-refractivity contribution in [2.24, 2.45) is 5.10 Å². The van der Waals surface area contributed by atoms with Crippen LogP contribution in [0.15, 0.2) is 65.1 Å². The molecule has 3 rings (SSSR count). The van der Waals surface area contributed by atoms with Crippen LogP contribution < -0.4 is 10.2 Å². The fourth-order valence-corrected chi connectivity index (χ4v) is 2.80. The summed E-state index contributed by atoms with van der Waals surface area (Å²) < 4.78 is 5.66. The first kappa shape index (κ1) is 16.9. The van der Waals surface area contributed by atoms with Gasteiger partial charge in [-0.1, -0.05) is 48.5 Å². The Hall–Kier alpha value is -2.99. The highest BCUT2D eigenvalue weighted by Gasteiger charge is 2.07. The molecule has 0 aliphatic carbocycles. The summed E-state index contributed by atoms with van der Waals surface area (Å²) in [5, 5.41) is 6.71. The molecular weight excluding hydrogens is 334 g/mol. The molecule has 0 aliphatic rings. The van der Waals surface area contributed by atoms with Crippen LogP contribution >= 0.6 is 11.3 Å². The van der Waals surface area contributed by atoms with E-state index in [9.17, 15) is 4.79 Å². The topological polar surface area (TPSA) is 63.6 Å². The molecule has 0 radical (unpaired) electrons. The maximum Gasteiger partial charge on any atom is 0.277 e. The van der Waals surface area contributed by atoms with Crippen LogP contribution in [0.25, 0.3) is 11.1 Å². The second-order valence-electron chi connectivity index (χ2n) is 5.24. The number of nitrogens with zero attached hydrogens (tertiary/aromatic N) is 2. The number of benzene rings is 2. The molecule has 6 heteroatoms. The van der Waals surface area contributed by atoms with Gasteiger partial charge in [-0.25, -0.2) is 10.4 Å². The van der Waals surface area contributed by atoms with E-state index in [-0.39, 0.29) is 12.5 Å². The molecular formula is C19H17N3O2S. The molecule has 126 valence electrons. The monoisotopic (exact) mass is 351 g/mol. The van der Waals surface area contributed by atoms with Gasteiger partial charge in [0, 0.05) is 10.9 Å². The summed E-state index contributed by atoms with van der Waals surface area (Å²) in [7, 11) is 0. The van der Waals surface area contributed by atoms with Gasteiger partial charge in [0.1, 0.15) is 5.75 Å². The first-order chi connectivity index (χ1) is 12.2. The molecule has 0 unspecified atom stereocenters. The third-order valence-electron chi connectivity index (χ3n) is 3.35. The van der Waals surface area contributed by atoms with E-state index >= 15 is 0 Å². The van der Waals surface area contributed by atoms with Crippen LogP contribution in [0.5, 0.6) is 5.75 Å². The molecule has 1 amide bonds. The molecule has 0 atom stereocenters. The van der Waals surface area contributed by atoms with Crippen molar-refractivity contribution >= 4 is 23.5 Å². The number of thiazole rings is 1. The number of hydrazone groups is 1. The second-order valence-corrected chi connectivity index (χ2v) is 6.30. The predicted octanol–water partition coefficient (Wildman–Crippen LogP) is 3.65. The van der Waals surface area contributed by atoms with E-state index in [0.717, 1.165) is 21.8 Å². The number of aromatic nitrogens is 1. The Morgan fingerprint density at radius 1 is 1.20 bits per heavy atom. The Balaban J connectivity index is 1.58. The highest BCUT2D eigenvalue weighted by Crippen LogP contribution is 2.29. The summed E-state index contributed by atoms with van der Waals surface area (Å²) in [4.78, 5) is 16.1. The largest absolute Gasteiger partial charge is 0.483 e. The van der Waals surface area contributed by atoms with Crippen LogP contribution in [-0.4, -0.2) is 23.7 Å². The summed E-state index contributed by atoms with van der Waals surface area (Å²) in [5.74, 6) is 0.328. The van der Waals surface area contributed by atoms with E-state index in [2.05, 4.69) is 15.5 Å². The van der Waals surface area contributed by atoms with Gasteiger partial charge in [0.2, 0.25) is 0 Å². The number of nitrogens with one attached hydrogen (secondary N) is 1. The van der Waals surface area contributed by atoms with Crippen LogP contribution in [0.2, 0.25) is 0 Å². The Kier molecular flexibility index (Phi) is 5.53. The highest BCUT2D eigenvalue weighted by molar-refractivity contribution is 7.09. The lowest BCUT2D eigenvalue weighted by molar-refractivity contribution is -0.123. The van der Waals surface area contributed by atoms with Crippen LogP contribution in [-0.2, 0) is 4.79 Å². The van der Waals surface area contributed by atoms with Gasteiger partial charge in [-0.2, -0.15) is 5.10 Å². The summed E-state index contributed by atoms with van der Waals surface area (Å²) in [6, 6.07) is 17.5.